The zero-order chi connectivity index (χ0) is 15.8. The summed E-state index contributed by atoms with van der Waals surface area (Å²) >= 11 is 0. The number of nitrogens with zero attached hydrogens (tertiary/aromatic N) is 1. The zero-order valence-electron chi connectivity index (χ0n) is 12.4. The Balaban J connectivity index is 1.88. The number of aliphatic imine (C=N–C) groups is 1. The number of hydrogen-bond acceptors (Lipinski definition) is 2. The summed E-state index contributed by atoms with van der Waals surface area (Å²) in [5, 5.41) is 6.17. The maximum atomic E-state index is 13.5. The van der Waals surface area contributed by atoms with Crippen LogP contribution in [0.1, 0.15) is 18.2 Å². The SMILES string of the molecule is CCNC(=NCc1ccco1)NCCc1cccc(F)c1F. The normalized spacial score (nSPS) is 11.5. The van der Waals surface area contributed by atoms with Crippen molar-refractivity contribution in [2.45, 2.75) is 19.9 Å². The van der Waals surface area contributed by atoms with E-state index in [0.29, 0.717) is 37.6 Å². The average Bonchev–Trinajstić information content (AvgIpc) is 3.02. The standard InChI is InChI=1S/C16H19F2N3O/c1-2-19-16(21-11-13-6-4-10-22-13)20-9-8-12-5-3-7-14(17)15(12)18/h3-7,10H,2,8-9,11H2,1H3,(H2,19,20,21). The summed E-state index contributed by atoms with van der Waals surface area (Å²) in [4.78, 5) is 4.36. The van der Waals surface area contributed by atoms with Crippen molar-refractivity contribution >= 4 is 5.96 Å². The van der Waals surface area contributed by atoms with Crippen LogP contribution in [-0.4, -0.2) is 19.0 Å². The van der Waals surface area contributed by atoms with E-state index in [-0.39, 0.29) is 0 Å². The second kappa shape index (κ2) is 8.17. The second-order valence-electron chi connectivity index (χ2n) is 4.66. The third-order valence-corrected chi connectivity index (χ3v) is 3.04. The van der Waals surface area contributed by atoms with Gasteiger partial charge in [0.25, 0.3) is 0 Å². The van der Waals surface area contributed by atoms with E-state index in [2.05, 4.69) is 15.6 Å². The highest BCUT2D eigenvalue weighted by Crippen LogP contribution is 2.11. The van der Waals surface area contributed by atoms with Crippen LogP contribution in [0.5, 0.6) is 0 Å². The summed E-state index contributed by atoms with van der Waals surface area (Å²) in [6.45, 7) is 3.52. The minimum Gasteiger partial charge on any atom is -0.467 e. The smallest absolute Gasteiger partial charge is 0.191 e. The number of rotatable bonds is 6. The number of hydrogen-bond donors (Lipinski definition) is 2. The maximum absolute atomic E-state index is 13.5. The van der Waals surface area contributed by atoms with Gasteiger partial charge < -0.3 is 15.1 Å². The average molecular weight is 307 g/mol. The van der Waals surface area contributed by atoms with E-state index in [1.54, 1.807) is 18.4 Å². The van der Waals surface area contributed by atoms with Crippen molar-refractivity contribution in [2.75, 3.05) is 13.1 Å². The van der Waals surface area contributed by atoms with E-state index in [9.17, 15) is 8.78 Å². The third kappa shape index (κ3) is 4.58. The molecule has 0 radical (unpaired) electrons. The predicted molar refractivity (Wildman–Crippen MR) is 81.6 cm³/mol. The fourth-order valence-corrected chi connectivity index (χ4v) is 1.96. The Morgan fingerprint density at radius 2 is 2.05 bits per heavy atom. The van der Waals surface area contributed by atoms with Gasteiger partial charge in [-0.1, -0.05) is 12.1 Å². The molecule has 0 bridgehead atoms. The number of halogens is 2. The molecule has 0 aliphatic heterocycles. The zero-order valence-corrected chi connectivity index (χ0v) is 12.4. The molecular formula is C16H19F2N3O. The highest BCUT2D eigenvalue weighted by molar-refractivity contribution is 5.79. The summed E-state index contributed by atoms with van der Waals surface area (Å²) in [6, 6.07) is 7.84. The lowest BCUT2D eigenvalue weighted by Gasteiger charge is -2.11. The van der Waals surface area contributed by atoms with Gasteiger partial charge in [-0.3, -0.25) is 0 Å². The van der Waals surface area contributed by atoms with Gasteiger partial charge >= 0.3 is 0 Å². The largest absolute Gasteiger partial charge is 0.467 e. The van der Waals surface area contributed by atoms with Crippen LogP contribution >= 0.6 is 0 Å². The molecule has 0 fully saturated rings. The fraction of sp³-hybridized carbons (Fsp3) is 0.312. The highest BCUT2D eigenvalue weighted by Gasteiger charge is 2.07. The van der Waals surface area contributed by atoms with Gasteiger partial charge in [0, 0.05) is 13.1 Å². The molecule has 0 atom stereocenters. The Kier molecular flexibility index (Phi) is 5.94. The number of benzene rings is 1. The summed E-state index contributed by atoms with van der Waals surface area (Å²) in [7, 11) is 0. The first kappa shape index (κ1) is 16.0. The lowest BCUT2D eigenvalue weighted by atomic mass is 10.1. The minimum atomic E-state index is -0.823. The lowest BCUT2D eigenvalue weighted by molar-refractivity contribution is 0.498. The summed E-state index contributed by atoms with van der Waals surface area (Å²) in [6.07, 6.45) is 1.96. The van der Waals surface area contributed by atoms with Crippen LogP contribution in [0.25, 0.3) is 0 Å². The van der Waals surface area contributed by atoms with Crippen molar-refractivity contribution in [1.82, 2.24) is 10.6 Å². The van der Waals surface area contributed by atoms with Gasteiger partial charge in [0.2, 0.25) is 0 Å². The molecule has 4 nitrogen and oxygen atoms in total. The van der Waals surface area contributed by atoms with Crippen molar-refractivity contribution in [3.8, 4) is 0 Å². The molecule has 2 aromatic rings. The molecule has 0 saturated carbocycles. The van der Waals surface area contributed by atoms with Crippen molar-refractivity contribution in [1.29, 1.82) is 0 Å². The Bertz CT molecular complexity index is 612. The van der Waals surface area contributed by atoms with Crippen molar-refractivity contribution < 1.29 is 13.2 Å². The van der Waals surface area contributed by atoms with Crippen LogP contribution in [0, 0.1) is 11.6 Å². The monoisotopic (exact) mass is 307 g/mol. The van der Waals surface area contributed by atoms with E-state index >= 15 is 0 Å². The van der Waals surface area contributed by atoms with Gasteiger partial charge in [-0.15, -0.1) is 0 Å². The number of nitrogens with one attached hydrogen (secondary N) is 2. The summed E-state index contributed by atoms with van der Waals surface area (Å²) < 4.78 is 31.9. The highest BCUT2D eigenvalue weighted by atomic mass is 19.2. The predicted octanol–water partition coefficient (Wildman–Crippen LogP) is 2.86. The van der Waals surface area contributed by atoms with Crippen LogP contribution in [0.2, 0.25) is 0 Å². The van der Waals surface area contributed by atoms with E-state index < -0.39 is 11.6 Å². The van der Waals surface area contributed by atoms with Gasteiger partial charge in [0.05, 0.1) is 6.26 Å². The molecule has 0 unspecified atom stereocenters. The molecule has 1 aromatic carbocycles. The first-order valence-corrected chi connectivity index (χ1v) is 7.18. The van der Waals surface area contributed by atoms with E-state index in [1.807, 2.05) is 13.0 Å². The van der Waals surface area contributed by atoms with Gasteiger partial charge in [-0.25, -0.2) is 13.8 Å². The minimum absolute atomic E-state index is 0.342. The molecule has 2 rings (SSSR count). The van der Waals surface area contributed by atoms with Crippen LogP contribution < -0.4 is 10.6 Å². The second-order valence-corrected chi connectivity index (χ2v) is 4.66. The van der Waals surface area contributed by atoms with Gasteiger partial charge in [0.1, 0.15) is 12.3 Å². The van der Waals surface area contributed by atoms with E-state index in [0.717, 1.165) is 11.8 Å². The Hall–Kier alpha value is -2.37. The summed E-state index contributed by atoms with van der Waals surface area (Å²) in [5.41, 5.74) is 0.342. The van der Waals surface area contributed by atoms with E-state index in [4.69, 9.17) is 4.42 Å². The molecular weight excluding hydrogens is 288 g/mol. The van der Waals surface area contributed by atoms with Crippen molar-refractivity contribution in [3.05, 3.63) is 59.6 Å². The first-order valence-electron chi connectivity index (χ1n) is 7.18. The topological polar surface area (TPSA) is 49.6 Å². The lowest BCUT2D eigenvalue weighted by Crippen LogP contribution is -2.38. The van der Waals surface area contributed by atoms with Crippen LogP contribution in [0.15, 0.2) is 46.0 Å². The first-order chi connectivity index (χ1) is 10.7. The molecule has 0 aliphatic rings. The Morgan fingerprint density at radius 3 is 2.77 bits per heavy atom. The van der Waals surface area contributed by atoms with Crippen LogP contribution in [0.4, 0.5) is 8.78 Å². The molecule has 0 spiro atoms. The molecule has 22 heavy (non-hydrogen) atoms. The van der Waals surface area contributed by atoms with Gasteiger partial charge in [-0.2, -0.15) is 0 Å². The molecule has 2 N–H and O–H groups in total. The molecule has 6 heteroatoms. The molecule has 118 valence electrons. The quantitative estimate of drug-likeness (QED) is 0.637. The van der Waals surface area contributed by atoms with Gasteiger partial charge in [0.15, 0.2) is 17.6 Å². The van der Waals surface area contributed by atoms with Crippen molar-refractivity contribution in [2.24, 2.45) is 4.99 Å². The molecule has 1 heterocycles. The van der Waals surface area contributed by atoms with Crippen LogP contribution in [0.3, 0.4) is 0 Å². The van der Waals surface area contributed by atoms with Crippen LogP contribution in [-0.2, 0) is 13.0 Å². The molecule has 0 amide bonds. The fourth-order valence-electron chi connectivity index (χ4n) is 1.96. The molecule has 1 aromatic heterocycles. The maximum Gasteiger partial charge on any atom is 0.191 e. The Morgan fingerprint density at radius 1 is 1.18 bits per heavy atom. The van der Waals surface area contributed by atoms with E-state index in [1.165, 1.54) is 6.07 Å². The van der Waals surface area contributed by atoms with Crippen molar-refractivity contribution in [3.63, 3.8) is 0 Å². The summed E-state index contributed by atoms with van der Waals surface area (Å²) in [5.74, 6) is -0.248. The number of guanidine groups is 1. The molecule has 0 aliphatic carbocycles. The molecule has 0 saturated heterocycles. The number of furan rings is 1. The Labute approximate surface area is 128 Å². The third-order valence-electron chi connectivity index (χ3n) is 3.04. The van der Waals surface area contributed by atoms with Gasteiger partial charge in [-0.05, 0) is 37.1 Å².